The Kier molecular flexibility index (Phi) is 6.55. The van der Waals surface area contributed by atoms with Gasteiger partial charge in [0.05, 0.1) is 6.21 Å². The van der Waals surface area contributed by atoms with Gasteiger partial charge in [0, 0.05) is 0 Å². The average Bonchev–Trinajstić information content (AvgIpc) is 2.79. The van der Waals surface area contributed by atoms with Gasteiger partial charge in [-0.05, 0) is 41.0 Å². The van der Waals surface area contributed by atoms with Crippen LogP contribution in [0.15, 0.2) is 103 Å². The minimum atomic E-state index is -1.86. The molecular formula is C24H22N2O3. The normalized spacial score (nSPS) is 11.2. The Bertz CT molecular complexity index is 929. The van der Waals surface area contributed by atoms with Crippen molar-refractivity contribution in [3.63, 3.8) is 0 Å². The van der Waals surface area contributed by atoms with Crippen molar-refractivity contribution in [1.29, 1.82) is 0 Å². The molecule has 5 heteroatoms. The summed E-state index contributed by atoms with van der Waals surface area (Å²) in [7, 11) is 0. The van der Waals surface area contributed by atoms with Crippen molar-refractivity contribution in [1.82, 2.24) is 5.43 Å². The fourth-order valence-electron chi connectivity index (χ4n) is 2.84. The van der Waals surface area contributed by atoms with Crippen LogP contribution in [0.3, 0.4) is 0 Å². The first-order valence-corrected chi connectivity index (χ1v) is 9.15. The molecule has 0 saturated carbocycles. The Labute approximate surface area is 170 Å². The molecule has 5 nitrogen and oxygen atoms in total. The summed E-state index contributed by atoms with van der Waals surface area (Å²) in [5.41, 5.74) is 2.29. The maximum atomic E-state index is 12.9. The first kappa shape index (κ1) is 20.0. The van der Waals surface area contributed by atoms with Crippen molar-refractivity contribution < 1.29 is 14.6 Å². The van der Waals surface area contributed by atoms with Crippen molar-refractivity contribution >= 4 is 12.1 Å². The van der Waals surface area contributed by atoms with E-state index in [9.17, 15) is 9.90 Å². The van der Waals surface area contributed by atoms with Crippen LogP contribution in [0.5, 0.6) is 5.75 Å². The molecule has 0 fully saturated rings. The molecular weight excluding hydrogens is 364 g/mol. The number of benzene rings is 3. The number of ether oxygens (including phenoxy) is 1. The highest BCUT2D eigenvalue weighted by molar-refractivity contribution is 5.91. The Morgan fingerprint density at radius 1 is 0.966 bits per heavy atom. The molecule has 2 N–H and O–H groups in total. The minimum absolute atomic E-state index is 0.432. The van der Waals surface area contributed by atoms with Crippen LogP contribution >= 0.6 is 0 Å². The summed E-state index contributed by atoms with van der Waals surface area (Å²) in [6, 6.07) is 24.8. The van der Waals surface area contributed by atoms with E-state index in [1.807, 2.05) is 24.3 Å². The Balaban J connectivity index is 1.77. The van der Waals surface area contributed by atoms with E-state index in [0.717, 1.165) is 5.56 Å². The second-order valence-corrected chi connectivity index (χ2v) is 6.31. The quantitative estimate of drug-likeness (QED) is 0.353. The second-order valence-electron chi connectivity index (χ2n) is 6.31. The Morgan fingerprint density at radius 2 is 1.52 bits per heavy atom. The smallest absolute Gasteiger partial charge is 0.281 e. The van der Waals surface area contributed by atoms with E-state index in [4.69, 9.17) is 4.74 Å². The SMILES string of the molecule is C=CCOc1ccc(/C=N/NC(=O)C(O)(c2ccccc2)c2ccccc2)cc1. The molecule has 29 heavy (non-hydrogen) atoms. The van der Waals surface area contributed by atoms with Gasteiger partial charge >= 0.3 is 0 Å². The zero-order valence-corrected chi connectivity index (χ0v) is 15.9. The molecule has 0 aromatic heterocycles. The van der Waals surface area contributed by atoms with E-state index < -0.39 is 11.5 Å². The number of aliphatic hydroxyl groups is 1. The molecule has 3 aromatic rings. The van der Waals surface area contributed by atoms with E-state index in [1.54, 1.807) is 66.7 Å². The molecule has 146 valence electrons. The van der Waals surface area contributed by atoms with Crippen molar-refractivity contribution in [3.8, 4) is 5.75 Å². The van der Waals surface area contributed by atoms with E-state index >= 15 is 0 Å². The predicted molar refractivity (Wildman–Crippen MR) is 114 cm³/mol. The molecule has 3 aromatic carbocycles. The zero-order valence-electron chi connectivity index (χ0n) is 15.9. The molecule has 0 spiro atoms. The highest BCUT2D eigenvalue weighted by Gasteiger charge is 2.39. The molecule has 0 aliphatic rings. The zero-order chi connectivity index (χ0) is 20.5. The first-order valence-electron chi connectivity index (χ1n) is 9.15. The second kappa shape index (κ2) is 9.48. The number of nitrogens with zero attached hydrogens (tertiary/aromatic N) is 1. The maximum Gasteiger partial charge on any atom is 0.281 e. The van der Waals surface area contributed by atoms with Crippen LogP contribution in [0.1, 0.15) is 16.7 Å². The first-order chi connectivity index (χ1) is 14.1. The average molecular weight is 386 g/mol. The number of hydrogen-bond donors (Lipinski definition) is 2. The molecule has 0 unspecified atom stereocenters. The van der Waals surface area contributed by atoms with Crippen molar-refractivity contribution in [2.24, 2.45) is 5.10 Å². The third-order valence-electron chi connectivity index (χ3n) is 4.34. The summed E-state index contributed by atoms with van der Waals surface area (Å²) in [5.74, 6) is 0.0747. The topological polar surface area (TPSA) is 70.9 Å². The van der Waals surface area contributed by atoms with Gasteiger partial charge < -0.3 is 9.84 Å². The number of hydrazone groups is 1. The van der Waals surface area contributed by atoms with Crippen LogP contribution < -0.4 is 10.2 Å². The summed E-state index contributed by atoms with van der Waals surface area (Å²) in [6.45, 7) is 4.04. The van der Waals surface area contributed by atoms with Gasteiger partial charge in [0.2, 0.25) is 0 Å². The number of rotatable bonds is 8. The summed E-state index contributed by atoms with van der Waals surface area (Å²) in [5, 5.41) is 15.3. The monoisotopic (exact) mass is 386 g/mol. The maximum absolute atomic E-state index is 12.9. The van der Waals surface area contributed by atoms with Gasteiger partial charge in [0.1, 0.15) is 12.4 Å². The van der Waals surface area contributed by atoms with Gasteiger partial charge in [-0.25, -0.2) is 5.43 Å². The third-order valence-corrected chi connectivity index (χ3v) is 4.34. The molecule has 0 heterocycles. The van der Waals surface area contributed by atoms with E-state index in [0.29, 0.717) is 23.5 Å². The lowest BCUT2D eigenvalue weighted by Crippen LogP contribution is -2.43. The number of amides is 1. The summed E-state index contributed by atoms with van der Waals surface area (Å²) in [6.07, 6.45) is 3.18. The van der Waals surface area contributed by atoms with Crippen LogP contribution in [-0.2, 0) is 10.4 Å². The van der Waals surface area contributed by atoms with Crippen LogP contribution in [-0.4, -0.2) is 23.8 Å². The Hall–Kier alpha value is -3.70. The van der Waals surface area contributed by atoms with Crippen molar-refractivity contribution in [3.05, 3.63) is 114 Å². The molecule has 0 atom stereocenters. The number of hydrogen-bond acceptors (Lipinski definition) is 4. The fraction of sp³-hybridized carbons (Fsp3) is 0.0833. The number of carbonyl (C=O) groups excluding carboxylic acids is 1. The van der Waals surface area contributed by atoms with Gasteiger partial charge in [-0.15, -0.1) is 0 Å². The van der Waals surface area contributed by atoms with E-state index in [2.05, 4.69) is 17.1 Å². The van der Waals surface area contributed by atoms with Crippen LogP contribution in [0.2, 0.25) is 0 Å². The van der Waals surface area contributed by atoms with E-state index in [1.165, 1.54) is 6.21 Å². The van der Waals surface area contributed by atoms with Gasteiger partial charge in [-0.1, -0.05) is 73.3 Å². The molecule has 0 radical (unpaired) electrons. The van der Waals surface area contributed by atoms with Gasteiger partial charge in [-0.2, -0.15) is 5.10 Å². The largest absolute Gasteiger partial charge is 0.490 e. The molecule has 3 rings (SSSR count). The lowest BCUT2D eigenvalue weighted by molar-refractivity contribution is -0.136. The summed E-state index contributed by atoms with van der Waals surface area (Å²) >= 11 is 0. The van der Waals surface area contributed by atoms with E-state index in [-0.39, 0.29) is 0 Å². The lowest BCUT2D eigenvalue weighted by Gasteiger charge is -2.27. The third kappa shape index (κ3) is 4.78. The van der Waals surface area contributed by atoms with Gasteiger partial charge in [0.15, 0.2) is 5.60 Å². The van der Waals surface area contributed by atoms with Crippen LogP contribution in [0.4, 0.5) is 0 Å². The summed E-state index contributed by atoms with van der Waals surface area (Å²) in [4.78, 5) is 12.9. The molecule has 0 bridgehead atoms. The van der Waals surface area contributed by atoms with Crippen molar-refractivity contribution in [2.45, 2.75) is 5.60 Å². The number of nitrogens with one attached hydrogen (secondary N) is 1. The van der Waals surface area contributed by atoms with Gasteiger partial charge in [0.25, 0.3) is 5.91 Å². The summed E-state index contributed by atoms with van der Waals surface area (Å²) < 4.78 is 5.43. The fourth-order valence-corrected chi connectivity index (χ4v) is 2.84. The molecule has 1 amide bonds. The van der Waals surface area contributed by atoms with Gasteiger partial charge in [-0.3, -0.25) is 4.79 Å². The highest BCUT2D eigenvalue weighted by Crippen LogP contribution is 2.29. The highest BCUT2D eigenvalue weighted by atomic mass is 16.5. The molecule has 0 aliphatic carbocycles. The molecule has 0 aliphatic heterocycles. The predicted octanol–water partition coefficient (Wildman–Crippen LogP) is 3.64. The standard InChI is InChI=1S/C24H22N2O3/c1-2-17-29-22-15-13-19(14-16-22)18-25-26-23(27)24(28,20-9-5-3-6-10-20)21-11-7-4-8-12-21/h2-16,18,28H,1,17H2,(H,26,27)/b25-18+. The van der Waals surface area contributed by atoms with Crippen LogP contribution in [0, 0.1) is 0 Å². The Morgan fingerprint density at radius 3 is 2.03 bits per heavy atom. The van der Waals surface area contributed by atoms with Crippen LogP contribution in [0.25, 0.3) is 0 Å². The minimum Gasteiger partial charge on any atom is -0.490 e. The molecule has 0 saturated heterocycles. The number of carbonyl (C=O) groups is 1. The van der Waals surface area contributed by atoms with Crippen molar-refractivity contribution in [2.75, 3.05) is 6.61 Å². The lowest BCUT2D eigenvalue weighted by atomic mass is 9.85.